The molecule has 128 valence electrons. The van der Waals surface area contributed by atoms with E-state index in [-0.39, 0.29) is 5.91 Å². The number of aromatic nitrogens is 1. The molecule has 1 aliphatic heterocycles. The molecule has 1 amide bonds. The zero-order valence-electron chi connectivity index (χ0n) is 15.0. The van der Waals surface area contributed by atoms with E-state index in [0.717, 1.165) is 44.7 Å². The largest absolute Gasteiger partial charge is 0.348 e. The van der Waals surface area contributed by atoms with E-state index in [9.17, 15) is 4.79 Å². The second-order valence-electron chi connectivity index (χ2n) is 6.74. The number of amides is 1. The molecule has 4 heteroatoms. The molecule has 0 saturated carbocycles. The Morgan fingerprint density at radius 3 is 2.75 bits per heavy atom. The Bertz CT molecular complexity index is 775. The first-order valence-electron chi connectivity index (χ1n) is 8.71. The lowest BCUT2D eigenvalue weighted by molar-refractivity contribution is 0.0762. The molecule has 1 fully saturated rings. The summed E-state index contributed by atoms with van der Waals surface area (Å²) in [7, 11) is 2.08. The molecule has 4 nitrogen and oxygen atoms in total. The van der Waals surface area contributed by atoms with Gasteiger partial charge in [0.2, 0.25) is 0 Å². The summed E-state index contributed by atoms with van der Waals surface area (Å²) in [6.45, 7) is 12.5. The van der Waals surface area contributed by atoms with Crippen LogP contribution in [-0.4, -0.2) is 53.0 Å². The van der Waals surface area contributed by atoms with Gasteiger partial charge in [0.1, 0.15) is 0 Å². The van der Waals surface area contributed by atoms with Crippen LogP contribution in [0.5, 0.6) is 0 Å². The molecule has 2 aromatic rings. The molecule has 1 saturated heterocycles. The summed E-state index contributed by atoms with van der Waals surface area (Å²) >= 11 is 0. The van der Waals surface area contributed by atoms with E-state index in [1.165, 1.54) is 22.2 Å². The van der Waals surface area contributed by atoms with Crippen molar-refractivity contribution in [1.82, 2.24) is 14.4 Å². The molecule has 2 heterocycles. The normalized spacial score (nSPS) is 16.4. The Morgan fingerprint density at radius 1 is 1.21 bits per heavy atom. The summed E-state index contributed by atoms with van der Waals surface area (Å²) in [5.74, 6) is 0.151. The van der Waals surface area contributed by atoms with Gasteiger partial charge in [-0.1, -0.05) is 6.08 Å². The Morgan fingerprint density at radius 2 is 2.00 bits per heavy atom. The predicted molar refractivity (Wildman–Crippen MR) is 99.6 cm³/mol. The van der Waals surface area contributed by atoms with E-state index >= 15 is 0 Å². The number of rotatable bonds is 3. The number of hydrogen-bond donors (Lipinski definition) is 0. The minimum atomic E-state index is 0.151. The molecule has 1 aromatic carbocycles. The van der Waals surface area contributed by atoms with Crippen LogP contribution < -0.4 is 0 Å². The topological polar surface area (TPSA) is 28.5 Å². The second-order valence-corrected chi connectivity index (χ2v) is 6.74. The molecule has 0 radical (unpaired) electrons. The van der Waals surface area contributed by atoms with Crippen molar-refractivity contribution >= 4 is 16.8 Å². The van der Waals surface area contributed by atoms with Gasteiger partial charge in [0.05, 0.1) is 0 Å². The van der Waals surface area contributed by atoms with Gasteiger partial charge in [-0.2, -0.15) is 0 Å². The van der Waals surface area contributed by atoms with E-state index in [1.807, 2.05) is 17.0 Å². The first-order chi connectivity index (χ1) is 11.5. The molecular weight excluding hydrogens is 298 g/mol. The van der Waals surface area contributed by atoms with Crippen molar-refractivity contribution in [3.63, 3.8) is 0 Å². The minimum absolute atomic E-state index is 0.151. The van der Waals surface area contributed by atoms with Gasteiger partial charge in [-0.25, -0.2) is 0 Å². The first-order valence-corrected chi connectivity index (χ1v) is 8.71. The van der Waals surface area contributed by atoms with E-state index in [4.69, 9.17) is 0 Å². The van der Waals surface area contributed by atoms with Crippen LogP contribution in [0.2, 0.25) is 0 Å². The maximum absolute atomic E-state index is 12.9. The number of aryl methyl sites for hydroxylation is 2. The summed E-state index contributed by atoms with van der Waals surface area (Å²) in [4.78, 5) is 17.3. The molecular formula is C20H27N3O. The fraction of sp³-hybridized carbons (Fsp3) is 0.450. The summed E-state index contributed by atoms with van der Waals surface area (Å²) in [6.07, 6.45) is 2.96. The highest BCUT2D eigenvalue weighted by atomic mass is 16.2. The van der Waals surface area contributed by atoms with Crippen LogP contribution in [0, 0.1) is 13.8 Å². The number of benzene rings is 1. The van der Waals surface area contributed by atoms with Gasteiger partial charge in [0, 0.05) is 61.9 Å². The molecule has 3 rings (SSSR count). The SMILES string of the molecule is C=CCN1CCCN(C(=O)c2ccc3c(c2)c(C)c(C)n3C)CC1. The first kappa shape index (κ1) is 16.8. The van der Waals surface area contributed by atoms with Crippen molar-refractivity contribution in [1.29, 1.82) is 0 Å². The molecule has 1 aliphatic rings. The third kappa shape index (κ3) is 2.98. The second kappa shape index (κ2) is 6.81. The summed E-state index contributed by atoms with van der Waals surface area (Å²) < 4.78 is 2.19. The van der Waals surface area contributed by atoms with Crippen LogP contribution in [-0.2, 0) is 7.05 Å². The van der Waals surface area contributed by atoms with E-state index in [0.29, 0.717) is 0 Å². The zero-order valence-corrected chi connectivity index (χ0v) is 15.0. The number of carbonyl (C=O) groups is 1. The maximum atomic E-state index is 12.9. The van der Waals surface area contributed by atoms with Gasteiger partial charge < -0.3 is 9.47 Å². The number of hydrogen-bond acceptors (Lipinski definition) is 2. The Balaban J connectivity index is 1.83. The molecule has 0 spiro atoms. The summed E-state index contributed by atoms with van der Waals surface area (Å²) in [6, 6.07) is 6.10. The lowest BCUT2D eigenvalue weighted by Crippen LogP contribution is -2.35. The van der Waals surface area contributed by atoms with Gasteiger partial charge in [-0.3, -0.25) is 9.69 Å². The van der Waals surface area contributed by atoms with E-state index < -0.39 is 0 Å². The average Bonchev–Trinajstić information content (AvgIpc) is 2.78. The Hall–Kier alpha value is -2.07. The van der Waals surface area contributed by atoms with E-state index in [1.54, 1.807) is 0 Å². The van der Waals surface area contributed by atoms with Crippen LogP contribution in [0.3, 0.4) is 0 Å². The number of nitrogens with zero attached hydrogens (tertiary/aromatic N) is 3. The summed E-state index contributed by atoms with van der Waals surface area (Å²) in [5.41, 5.74) is 4.50. The molecule has 0 N–H and O–H groups in total. The third-order valence-electron chi connectivity index (χ3n) is 5.32. The van der Waals surface area contributed by atoms with Crippen molar-refractivity contribution in [2.75, 3.05) is 32.7 Å². The van der Waals surface area contributed by atoms with Gasteiger partial charge in [0.15, 0.2) is 0 Å². The van der Waals surface area contributed by atoms with Gasteiger partial charge in [0.25, 0.3) is 5.91 Å². The highest BCUT2D eigenvalue weighted by Crippen LogP contribution is 2.25. The van der Waals surface area contributed by atoms with Gasteiger partial charge in [-0.05, 0) is 44.0 Å². The Kier molecular flexibility index (Phi) is 4.76. The van der Waals surface area contributed by atoms with Gasteiger partial charge >= 0.3 is 0 Å². The molecule has 0 aliphatic carbocycles. The van der Waals surface area contributed by atoms with Crippen LogP contribution >= 0.6 is 0 Å². The third-order valence-corrected chi connectivity index (χ3v) is 5.32. The van der Waals surface area contributed by atoms with Crippen molar-refractivity contribution in [3.05, 3.63) is 47.7 Å². The van der Waals surface area contributed by atoms with Crippen LogP contribution in [0.1, 0.15) is 28.0 Å². The molecule has 0 atom stereocenters. The van der Waals surface area contributed by atoms with Crippen molar-refractivity contribution in [3.8, 4) is 0 Å². The monoisotopic (exact) mass is 325 g/mol. The fourth-order valence-corrected chi connectivity index (χ4v) is 3.61. The number of fused-ring (bicyclic) bond motifs is 1. The molecule has 0 bridgehead atoms. The molecule has 0 unspecified atom stereocenters. The Labute approximate surface area is 144 Å². The quantitative estimate of drug-likeness (QED) is 0.811. The van der Waals surface area contributed by atoms with Crippen LogP contribution in [0.4, 0.5) is 0 Å². The number of carbonyl (C=O) groups excluding carboxylic acids is 1. The molecule has 1 aromatic heterocycles. The maximum Gasteiger partial charge on any atom is 0.253 e. The molecule has 24 heavy (non-hydrogen) atoms. The van der Waals surface area contributed by atoms with E-state index in [2.05, 4.69) is 49.1 Å². The smallest absolute Gasteiger partial charge is 0.253 e. The standard InChI is InChI=1S/C20H27N3O/c1-5-9-22-10-6-11-23(13-12-22)20(24)17-7-8-19-18(14-17)15(2)16(3)21(19)4/h5,7-8,14H,1,6,9-13H2,2-4H3. The van der Waals surface area contributed by atoms with Crippen molar-refractivity contribution < 1.29 is 4.79 Å². The van der Waals surface area contributed by atoms with Crippen LogP contribution in [0.25, 0.3) is 10.9 Å². The zero-order chi connectivity index (χ0) is 17.3. The average molecular weight is 325 g/mol. The minimum Gasteiger partial charge on any atom is -0.348 e. The van der Waals surface area contributed by atoms with Crippen molar-refractivity contribution in [2.24, 2.45) is 7.05 Å². The highest BCUT2D eigenvalue weighted by molar-refractivity contribution is 5.99. The lowest BCUT2D eigenvalue weighted by Gasteiger charge is -2.21. The summed E-state index contributed by atoms with van der Waals surface area (Å²) in [5, 5.41) is 1.18. The predicted octanol–water partition coefficient (Wildman–Crippen LogP) is 3.13. The van der Waals surface area contributed by atoms with Crippen LogP contribution in [0.15, 0.2) is 30.9 Å². The van der Waals surface area contributed by atoms with Gasteiger partial charge in [-0.15, -0.1) is 6.58 Å². The van der Waals surface area contributed by atoms with Crippen molar-refractivity contribution in [2.45, 2.75) is 20.3 Å². The highest BCUT2D eigenvalue weighted by Gasteiger charge is 2.20. The lowest BCUT2D eigenvalue weighted by atomic mass is 10.1. The fourth-order valence-electron chi connectivity index (χ4n) is 3.61.